The Bertz CT molecular complexity index is 671. The lowest BCUT2D eigenvalue weighted by molar-refractivity contribution is -0.132. The number of halogens is 1. The van der Waals surface area contributed by atoms with E-state index in [1.54, 1.807) is 0 Å². The van der Waals surface area contributed by atoms with Gasteiger partial charge in [-0.3, -0.25) is 9.59 Å². The summed E-state index contributed by atoms with van der Waals surface area (Å²) in [6.45, 7) is -0.0516. The van der Waals surface area contributed by atoms with Crippen molar-refractivity contribution in [2.24, 2.45) is 5.10 Å². The maximum Gasteiger partial charge on any atom is 0.267 e. The summed E-state index contributed by atoms with van der Waals surface area (Å²) in [5, 5.41) is 17.9. The molecule has 0 aromatic heterocycles. The Kier molecular flexibility index (Phi) is 5.16. The normalized spacial score (nSPS) is 23.5. The van der Waals surface area contributed by atoms with Crippen LogP contribution in [0.1, 0.15) is 37.2 Å². The molecule has 0 bridgehead atoms. The molecule has 1 aliphatic heterocycles. The minimum absolute atomic E-state index is 0.119. The molecule has 2 aliphatic rings. The molecule has 7 heteroatoms. The van der Waals surface area contributed by atoms with Gasteiger partial charge in [0.05, 0.1) is 13.2 Å². The van der Waals surface area contributed by atoms with E-state index in [0.717, 1.165) is 17.9 Å². The van der Waals surface area contributed by atoms with Crippen molar-refractivity contribution >= 4 is 29.1 Å². The Balaban J connectivity index is 1.53. The van der Waals surface area contributed by atoms with E-state index in [1.165, 1.54) is 10.6 Å². The van der Waals surface area contributed by atoms with Crippen molar-refractivity contribution in [1.82, 2.24) is 10.3 Å². The number of hydrazone groups is 1. The number of carbonyl (C=O) groups is 2. The molecule has 0 radical (unpaired) electrons. The molecule has 24 heavy (non-hydrogen) atoms. The summed E-state index contributed by atoms with van der Waals surface area (Å²) in [6, 6.07) is 7.93. The molecule has 1 aromatic carbocycles. The van der Waals surface area contributed by atoms with Crippen molar-refractivity contribution in [3.8, 4) is 0 Å². The van der Waals surface area contributed by atoms with E-state index < -0.39 is 0 Å². The fourth-order valence-electron chi connectivity index (χ4n) is 3.07. The summed E-state index contributed by atoms with van der Waals surface area (Å²) in [6.07, 6.45) is 2.34. The zero-order valence-corrected chi connectivity index (χ0v) is 14.0. The highest BCUT2D eigenvalue weighted by Gasteiger charge is 2.33. The highest BCUT2D eigenvalue weighted by molar-refractivity contribution is 6.39. The second-order valence-electron chi connectivity index (χ2n) is 6.18. The van der Waals surface area contributed by atoms with Crippen molar-refractivity contribution in [3.63, 3.8) is 0 Å². The Morgan fingerprint density at radius 3 is 2.88 bits per heavy atom. The predicted octanol–water partition coefficient (Wildman–Crippen LogP) is 1.67. The van der Waals surface area contributed by atoms with E-state index in [0.29, 0.717) is 18.1 Å². The third-order valence-electron chi connectivity index (χ3n) is 4.47. The van der Waals surface area contributed by atoms with Crippen molar-refractivity contribution in [1.29, 1.82) is 0 Å². The number of hydrogen-bond acceptors (Lipinski definition) is 4. The van der Waals surface area contributed by atoms with Gasteiger partial charge in [-0.15, -0.1) is 0 Å². The molecular weight excluding hydrogens is 330 g/mol. The number of hydrogen-bond donors (Lipinski definition) is 2. The maximum absolute atomic E-state index is 12.3. The van der Waals surface area contributed by atoms with Crippen LogP contribution in [0.4, 0.5) is 0 Å². The third kappa shape index (κ3) is 3.76. The highest BCUT2D eigenvalue weighted by Crippen LogP contribution is 2.37. The topological polar surface area (TPSA) is 82.0 Å². The van der Waals surface area contributed by atoms with Crippen LogP contribution in [0.25, 0.3) is 0 Å². The summed E-state index contributed by atoms with van der Waals surface area (Å²) in [5.74, 6) is 0.0278. The van der Waals surface area contributed by atoms with E-state index in [-0.39, 0.29) is 37.4 Å². The number of aliphatic hydroxyl groups excluding tert-OH is 1. The zero-order valence-electron chi connectivity index (χ0n) is 13.2. The summed E-state index contributed by atoms with van der Waals surface area (Å²) >= 11 is 6.01. The van der Waals surface area contributed by atoms with Gasteiger partial charge in [0.1, 0.15) is 5.71 Å². The van der Waals surface area contributed by atoms with Crippen molar-refractivity contribution < 1.29 is 14.7 Å². The Morgan fingerprint density at radius 2 is 2.17 bits per heavy atom. The molecule has 1 heterocycles. The number of β-amino-alcohol motifs (C(OH)–C–C–N with tert-alkyl or cyclic N) is 1. The summed E-state index contributed by atoms with van der Waals surface area (Å²) in [7, 11) is 0. The van der Waals surface area contributed by atoms with Crippen molar-refractivity contribution in [3.05, 3.63) is 34.9 Å². The van der Waals surface area contributed by atoms with Gasteiger partial charge in [-0.25, -0.2) is 5.01 Å². The number of benzene rings is 1. The fraction of sp³-hybridized carbons (Fsp3) is 0.471. The summed E-state index contributed by atoms with van der Waals surface area (Å²) in [5.41, 5.74) is 1.55. The molecule has 1 aliphatic carbocycles. The number of amides is 2. The Hall–Kier alpha value is -1.92. The number of nitrogens with one attached hydrogen (secondary N) is 1. The van der Waals surface area contributed by atoms with Gasteiger partial charge in [0.25, 0.3) is 5.91 Å². The molecule has 2 amide bonds. The summed E-state index contributed by atoms with van der Waals surface area (Å²) < 4.78 is 0. The van der Waals surface area contributed by atoms with Gasteiger partial charge >= 0.3 is 0 Å². The fourth-order valence-corrected chi connectivity index (χ4v) is 3.27. The van der Waals surface area contributed by atoms with Crippen LogP contribution in [0.3, 0.4) is 0 Å². The zero-order chi connectivity index (χ0) is 17.1. The molecule has 1 saturated carbocycles. The molecule has 3 rings (SSSR count). The molecule has 128 valence electrons. The van der Waals surface area contributed by atoms with E-state index >= 15 is 0 Å². The number of aliphatic hydroxyl groups is 1. The minimum Gasteiger partial charge on any atom is -0.394 e. The highest BCUT2D eigenvalue weighted by atomic mass is 35.5. The van der Waals surface area contributed by atoms with Crippen molar-refractivity contribution in [2.45, 2.75) is 37.6 Å². The van der Waals surface area contributed by atoms with Gasteiger partial charge in [0.2, 0.25) is 5.91 Å². The van der Waals surface area contributed by atoms with E-state index in [1.807, 2.05) is 18.2 Å². The van der Waals surface area contributed by atoms with Gasteiger partial charge in [0, 0.05) is 23.9 Å². The Morgan fingerprint density at radius 1 is 1.38 bits per heavy atom. The van der Waals surface area contributed by atoms with Gasteiger partial charge in [-0.1, -0.05) is 23.7 Å². The lowest BCUT2D eigenvalue weighted by Gasteiger charge is -2.36. The Labute approximate surface area is 145 Å². The first-order chi connectivity index (χ1) is 11.6. The molecule has 0 spiro atoms. The van der Waals surface area contributed by atoms with Crippen LogP contribution >= 0.6 is 11.6 Å². The van der Waals surface area contributed by atoms with Gasteiger partial charge in [-0.2, -0.15) is 5.10 Å². The van der Waals surface area contributed by atoms with E-state index in [2.05, 4.69) is 16.5 Å². The smallest absolute Gasteiger partial charge is 0.267 e. The van der Waals surface area contributed by atoms with Crippen LogP contribution in [0.15, 0.2) is 29.4 Å². The van der Waals surface area contributed by atoms with Crippen molar-refractivity contribution in [2.75, 3.05) is 13.2 Å². The number of rotatable bonds is 5. The largest absolute Gasteiger partial charge is 0.394 e. The van der Waals surface area contributed by atoms with E-state index in [4.69, 9.17) is 16.7 Å². The quantitative estimate of drug-likeness (QED) is 0.848. The molecule has 0 saturated heterocycles. The SMILES string of the molecule is O=C(NC1CC(c2cccc(Cl)c2)C1)C1=NN(CCO)C(=O)CC1. The van der Waals surface area contributed by atoms with Crippen LogP contribution in [-0.4, -0.2) is 46.8 Å². The predicted molar refractivity (Wildman–Crippen MR) is 90.8 cm³/mol. The average Bonchev–Trinajstić information content (AvgIpc) is 2.52. The van der Waals surface area contributed by atoms with Crippen LogP contribution in [0.5, 0.6) is 0 Å². The number of carbonyl (C=O) groups excluding carboxylic acids is 2. The second-order valence-corrected chi connectivity index (χ2v) is 6.62. The lowest BCUT2D eigenvalue weighted by Crippen LogP contribution is -2.47. The van der Waals surface area contributed by atoms with Gasteiger partial charge in [0.15, 0.2) is 0 Å². The van der Waals surface area contributed by atoms with Gasteiger partial charge in [-0.05, 0) is 36.5 Å². The maximum atomic E-state index is 12.3. The van der Waals surface area contributed by atoms with Crippen LogP contribution < -0.4 is 5.32 Å². The molecule has 2 N–H and O–H groups in total. The molecule has 6 nitrogen and oxygen atoms in total. The first-order valence-corrected chi connectivity index (χ1v) is 8.49. The van der Waals surface area contributed by atoms with Crippen LogP contribution in [0, 0.1) is 0 Å². The molecule has 0 unspecified atom stereocenters. The molecule has 1 fully saturated rings. The average molecular weight is 350 g/mol. The second kappa shape index (κ2) is 7.32. The van der Waals surface area contributed by atoms with Gasteiger partial charge < -0.3 is 10.4 Å². The first kappa shape index (κ1) is 16.9. The monoisotopic (exact) mass is 349 g/mol. The first-order valence-electron chi connectivity index (χ1n) is 8.12. The number of nitrogens with zero attached hydrogens (tertiary/aromatic N) is 2. The standard InChI is InChI=1S/C17H20ClN3O3/c18-13-3-1-2-11(8-13)12-9-14(10-12)19-17(24)15-4-5-16(23)21(20-15)6-7-22/h1-3,8,12,14,22H,4-7,9-10H2,(H,19,24). The van der Waals surface area contributed by atoms with E-state index in [9.17, 15) is 9.59 Å². The van der Waals surface area contributed by atoms with Crippen LogP contribution in [-0.2, 0) is 9.59 Å². The minimum atomic E-state index is -0.222. The lowest BCUT2D eigenvalue weighted by atomic mass is 9.76. The molecular formula is C17H20ClN3O3. The molecule has 1 aromatic rings. The third-order valence-corrected chi connectivity index (χ3v) is 4.71. The molecule has 0 atom stereocenters. The van der Waals surface area contributed by atoms with Crippen LogP contribution in [0.2, 0.25) is 5.02 Å². The summed E-state index contributed by atoms with van der Waals surface area (Å²) in [4.78, 5) is 23.9.